The third-order valence-corrected chi connectivity index (χ3v) is 6.35. The van der Waals surface area contributed by atoms with Crippen molar-refractivity contribution < 1.29 is 14.7 Å². The minimum absolute atomic E-state index is 0.0292. The van der Waals surface area contributed by atoms with Gasteiger partial charge in [0.2, 0.25) is 5.91 Å². The van der Waals surface area contributed by atoms with Crippen molar-refractivity contribution in [1.29, 1.82) is 0 Å². The van der Waals surface area contributed by atoms with Crippen LogP contribution in [0.15, 0.2) is 30.4 Å². The number of carboxylic acid groups (broad SMARTS) is 1. The van der Waals surface area contributed by atoms with E-state index in [1.807, 2.05) is 35.3 Å². The van der Waals surface area contributed by atoms with Crippen LogP contribution in [0.25, 0.3) is 0 Å². The first-order valence-corrected chi connectivity index (χ1v) is 9.52. The molecule has 1 amide bonds. The van der Waals surface area contributed by atoms with Gasteiger partial charge in [0.1, 0.15) is 0 Å². The SMILES string of the molecule is Cc1ccc(Cl)cc1N1CCN(C(=O)[C@@H]2[C@@H](C(=O)[O-])[C@H]3C=C[C@@H]2C3)CC1. The van der Waals surface area contributed by atoms with Gasteiger partial charge in [-0.3, -0.25) is 4.79 Å². The Morgan fingerprint density at radius 1 is 1.08 bits per heavy atom. The minimum atomic E-state index is -1.09. The van der Waals surface area contributed by atoms with Gasteiger partial charge < -0.3 is 19.7 Å². The first-order valence-electron chi connectivity index (χ1n) is 9.15. The lowest BCUT2D eigenvalue weighted by Gasteiger charge is -2.39. The second-order valence-electron chi connectivity index (χ2n) is 7.56. The molecule has 5 nitrogen and oxygen atoms in total. The van der Waals surface area contributed by atoms with Crippen molar-refractivity contribution in [1.82, 2.24) is 4.90 Å². The minimum Gasteiger partial charge on any atom is -0.550 e. The number of carboxylic acids is 1. The fourth-order valence-corrected chi connectivity index (χ4v) is 4.95. The van der Waals surface area contributed by atoms with E-state index in [4.69, 9.17) is 11.6 Å². The maximum atomic E-state index is 13.0. The number of nitrogens with zero attached hydrogens (tertiary/aromatic N) is 2. The number of fused-ring (bicyclic) bond motifs is 2. The summed E-state index contributed by atoms with van der Waals surface area (Å²) in [6, 6.07) is 5.84. The number of hydrogen-bond donors (Lipinski definition) is 0. The summed E-state index contributed by atoms with van der Waals surface area (Å²) >= 11 is 6.12. The molecule has 3 aliphatic rings. The zero-order chi connectivity index (χ0) is 18.4. The van der Waals surface area contributed by atoms with Crippen LogP contribution in [0.4, 0.5) is 5.69 Å². The molecule has 138 valence electrons. The number of aliphatic carboxylic acids is 1. The monoisotopic (exact) mass is 373 g/mol. The van der Waals surface area contributed by atoms with E-state index in [1.54, 1.807) is 0 Å². The molecule has 0 aromatic heterocycles. The number of carbonyl (C=O) groups excluding carboxylic acids is 2. The van der Waals surface area contributed by atoms with Gasteiger partial charge in [-0.15, -0.1) is 0 Å². The molecule has 1 saturated carbocycles. The summed E-state index contributed by atoms with van der Waals surface area (Å²) in [7, 11) is 0. The Bertz CT molecular complexity index is 770. The molecule has 0 N–H and O–H groups in total. The van der Waals surface area contributed by atoms with Gasteiger partial charge >= 0.3 is 0 Å². The first kappa shape index (κ1) is 17.4. The van der Waals surface area contributed by atoms with Crippen LogP contribution in [0.5, 0.6) is 0 Å². The average Bonchev–Trinajstić information content (AvgIpc) is 3.24. The molecule has 2 aliphatic carbocycles. The van der Waals surface area contributed by atoms with Gasteiger partial charge in [-0.1, -0.05) is 29.8 Å². The van der Waals surface area contributed by atoms with Crippen molar-refractivity contribution in [2.75, 3.05) is 31.1 Å². The van der Waals surface area contributed by atoms with Crippen molar-refractivity contribution in [3.8, 4) is 0 Å². The zero-order valence-corrected chi connectivity index (χ0v) is 15.5. The second-order valence-corrected chi connectivity index (χ2v) is 8.00. The van der Waals surface area contributed by atoms with E-state index in [1.165, 1.54) is 0 Å². The number of piperazine rings is 1. The highest BCUT2D eigenvalue weighted by Crippen LogP contribution is 2.48. The predicted octanol–water partition coefficient (Wildman–Crippen LogP) is 1.49. The lowest BCUT2D eigenvalue weighted by molar-refractivity contribution is -0.313. The van der Waals surface area contributed by atoms with E-state index < -0.39 is 17.8 Å². The zero-order valence-electron chi connectivity index (χ0n) is 14.7. The highest BCUT2D eigenvalue weighted by Gasteiger charge is 2.50. The highest BCUT2D eigenvalue weighted by molar-refractivity contribution is 6.30. The Hall–Kier alpha value is -2.01. The van der Waals surface area contributed by atoms with Gasteiger partial charge in [-0.25, -0.2) is 0 Å². The Morgan fingerprint density at radius 2 is 1.73 bits per heavy atom. The van der Waals surface area contributed by atoms with Crippen LogP contribution >= 0.6 is 11.6 Å². The van der Waals surface area contributed by atoms with Crippen molar-refractivity contribution in [2.45, 2.75) is 13.3 Å². The maximum Gasteiger partial charge on any atom is 0.227 e. The highest BCUT2D eigenvalue weighted by atomic mass is 35.5. The van der Waals surface area contributed by atoms with E-state index in [-0.39, 0.29) is 17.7 Å². The van der Waals surface area contributed by atoms with Crippen LogP contribution < -0.4 is 10.0 Å². The summed E-state index contributed by atoms with van der Waals surface area (Å²) in [5.41, 5.74) is 2.25. The van der Waals surface area contributed by atoms with Crippen LogP contribution in [-0.2, 0) is 9.59 Å². The number of rotatable bonds is 3. The van der Waals surface area contributed by atoms with Gasteiger partial charge in [-0.2, -0.15) is 0 Å². The molecule has 4 rings (SSSR count). The maximum absolute atomic E-state index is 13.0. The lowest BCUT2D eigenvalue weighted by Crippen LogP contribution is -2.53. The van der Waals surface area contributed by atoms with Crippen molar-refractivity contribution in [3.05, 3.63) is 40.9 Å². The molecule has 1 aromatic rings. The fourth-order valence-electron chi connectivity index (χ4n) is 4.78. The van der Waals surface area contributed by atoms with Crippen LogP contribution in [0, 0.1) is 30.6 Å². The standard InChI is InChI=1S/C20H23ClN2O3/c1-12-2-5-15(21)11-16(12)22-6-8-23(9-7-22)19(24)17-13-3-4-14(10-13)18(17)20(25)26/h2-5,11,13-14,17-18H,6-10H2,1H3,(H,25,26)/p-1/t13-,14+,17+,18+/m1/s1. The molecule has 2 bridgehead atoms. The molecular formula is C20H22ClN2O3-. The van der Waals surface area contributed by atoms with Crippen molar-refractivity contribution in [2.24, 2.45) is 23.7 Å². The first-order chi connectivity index (χ1) is 12.5. The topological polar surface area (TPSA) is 63.7 Å². The summed E-state index contributed by atoms with van der Waals surface area (Å²) in [6.45, 7) is 4.69. The normalized spacial score (nSPS) is 30.1. The molecule has 2 fully saturated rings. The lowest BCUT2D eigenvalue weighted by atomic mass is 9.82. The quantitative estimate of drug-likeness (QED) is 0.753. The van der Waals surface area contributed by atoms with E-state index in [9.17, 15) is 14.7 Å². The van der Waals surface area contributed by atoms with Gasteiger partial charge in [0.05, 0.1) is 5.92 Å². The fraction of sp³-hybridized carbons (Fsp3) is 0.500. The molecule has 1 aliphatic heterocycles. The smallest absolute Gasteiger partial charge is 0.227 e. The number of anilines is 1. The summed E-state index contributed by atoms with van der Waals surface area (Å²) in [6.07, 6.45) is 4.71. The van der Waals surface area contributed by atoms with Crippen molar-refractivity contribution in [3.63, 3.8) is 0 Å². The number of halogens is 1. The molecule has 1 heterocycles. The molecule has 0 spiro atoms. The molecule has 0 unspecified atom stereocenters. The number of carbonyl (C=O) groups is 2. The van der Waals surface area contributed by atoms with E-state index in [0.717, 1.165) is 30.8 Å². The molecule has 4 atom stereocenters. The van der Waals surface area contributed by atoms with Crippen LogP contribution in [0.3, 0.4) is 0 Å². The third kappa shape index (κ3) is 2.88. The third-order valence-electron chi connectivity index (χ3n) is 6.12. The number of hydrogen-bond acceptors (Lipinski definition) is 4. The Balaban J connectivity index is 1.45. The largest absolute Gasteiger partial charge is 0.550 e. The summed E-state index contributed by atoms with van der Waals surface area (Å²) in [5.74, 6) is -2.26. The Kier molecular flexibility index (Phi) is 4.43. The van der Waals surface area contributed by atoms with Crippen LogP contribution in [0.1, 0.15) is 12.0 Å². The summed E-state index contributed by atoms with van der Waals surface area (Å²) < 4.78 is 0. The van der Waals surface area contributed by atoms with Gasteiger partial charge in [0.25, 0.3) is 0 Å². The molecule has 0 radical (unpaired) electrons. The van der Waals surface area contributed by atoms with Crippen molar-refractivity contribution >= 4 is 29.2 Å². The Morgan fingerprint density at radius 3 is 2.38 bits per heavy atom. The van der Waals surface area contributed by atoms with Gasteiger partial charge in [0.15, 0.2) is 0 Å². The second kappa shape index (κ2) is 6.62. The molecule has 26 heavy (non-hydrogen) atoms. The molecule has 1 saturated heterocycles. The average molecular weight is 374 g/mol. The molecular weight excluding hydrogens is 352 g/mol. The Labute approximate surface area is 158 Å². The number of allylic oxidation sites excluding steroid dienone is 2. The molecule has 6 heteroatoms. The summed E-state index contributed by atoms with van der Waals surface area (Å²) in [5, 5.41) is 12.3. The van der Waals surface area contributed by atoms with E-state index in [0.29, 0.717) is 18.1 Å². The number of benzene rings is 1. The molecule has 1 aromatic carbocycles. The predicted molar refractivity (Wildman–Crippen MR) is 97.7 cm³/mol. The van der Waals surface area contributed by atoms with E-state index >= 15 is 0 Å². The van der Waals surface area contributed by atoms with Crippen LogP contribution in [-0.4, -0.2) is 43.0 Å². The van der Waals surface area contributed by atoms with E-state index in [2.05, 4.69) is 11.8 Å². The van der Waals surface area contributed by atoms with Gasteiger partial charge in [0, 0.05) is 48.8 Å². The van der Waals surface area contributed by atoms with Crippen LogP contribution in [0.2, 0.25) is 5.02 Å². The summed E-state index contributed by atoms with van der Waals surface area (Å²) in [4.78, 5) is 28.7. The number of aryl methyl sites for hydroxylation is 1. The van der Waals surface area contributed by atoms with Gasteiger partial charge in [-0.05, 0) is 42.9 Å². The number of amides is 1.